The molecule has 1 saturated carbocycles. The molecule has 0 atom stereocenters. The van der Waals surface area contributed by atoms with Gasteiger partial charge in [-0.2, -0.15) is 0 Å². The Morgan fingerprint density at radius 1 is 1.19 bits per heavy atom. The lowest BCUT2D eigenvalue weighted by molar-refractivity contribution is -0.119. The van der Waals surface area contributed by atoms with Gasteiger partial charge in [-0.25, -0.2) is 0 Å². The van der Waals surface area contributed by atoms with Crippen LogP contribution in [-0.4, -0.2) is 11.8 Å². The molecule has 26 heavy (non-hydrogen) atoms. The van der Waals surface area contributed by atoms with Crippen molar-refractivity contribution in [3.05, 3.63) is 57.6 Å². The highest BCUT2D eigenvalue weighted by molar-refractivity contribution is 14.1. The summed E-state index contributed by atoms with van der Waals surface area (Å²) in [5, 5.41) is 5.81. The highest BCUT2D eigenvalue weighted by Crippen LogP contribution is 2.26. The van der Waals surface area contributed by atoms with E-state index in [1.807, 2.05) is 36.4 Å². The van der Waals surface area contributed by atoms with Crippen LogP contribution in [-0.2, 0) is 16.1 Å². The smallest absolute Gasteiger partial charge is 0.244 e. The Bertz CT molecular complexity index is 807. The molecule has 1 aliphatic rings. The van der Waals surface area contributed by atoms with E-state index in [9.17, 15) is 9.59 Å². The van der Waals surface area contributed by atoms with E-state index in [0.717, 1.165) is 40.7 Å². The van der Waals surface area contributed by atoms with Gasteiger partial charge in [0.15, 0.2) is 3.77 Å². The molecule has 1 heterocycles. The van der Waals surface area contributed by atoms with Gasteiger partial charge in [0.05, 0.1) is 0 Å². The molecular formula is C20H21IN2O3. The normalized spacial score (nSPS) is 14.7. The number of rotatable bonds is 6. The van der Waals surface area contributed by atoms with Gasteiger partial charge in [-0.3, -0.25) is 9.59 Å². The molecule has 0 saturated heterocycles. The maximum absolute atomic E-state index is 12.2. The molecule has 0 spiro atoms. The van der Waals surface area contributed by atoms with E-state index >= 15 is 0 Å². The summed E-state index contributed by atoms with van der Waals surface area (Å²) in [7, 11) is 0. The predicted molar refractivity (Wildman–Crippen MR) is 109 cm³/mol. The minimum absolute atomic E-state index is 0.0969. The molecule has 6 heteroatoms. The monoisotopic (exact) mass is 464 g/mol. The van der Waals surface area contributed by atoms with E-state index in [2.05, 4.69) is 33.2 Å². The Balaban J connectivity index is 1.50. The third-order valence-corrected chi connectivity index (χ3v) is 4.96. The molecular weight excluding hydrogens is 443 g/mol. The molecule has 2 aromatic rings. The fourth-order valence-electron chi connectivity index (χ4n) is 3.02. The second-order valence-electron chi connectivity index (χ2n) is 6.36. The van der Waals surface area contributed by atoms with E-state index in [0.29, 0.717) is 12.3 Å². The van der Waals surface area contributed by atoms with Gasteiger partial charge in [0.1, 0.15) is 5.76 Å². The van der Waals surface area contributed by atoms with Gasteiger partial charge in [-0.15, -0.1) is 0 Å². The SMILES string of the molecule is O=C(C=Cc1ccc(I)o1)NCc1cccc(NC(=O)C2CCCC2)c1. The van der Waals surface area contributed by atoms with E-state index in [1.54, 1.807) is 6.08 Å². The molecule has 3 rings (SSSR count). The van der Waals surface area contributed by atoms with Crippen LogP contribution in [0.2, 0.25) is 0 Å². The first-order chi connectivity index (χ1) is 12.6. The van der Waals surface area contributed by atoms with E-state index < -0.39 is 0 Å². The van der Waals surface area contributed by atoms with E-state index in [4.69, 9.17) is 4.42 Å². The first-order valence-electron chi connectivity index (χ1n) is 8.71. The summed E-state index contributed by atoms with van der Waals surface area (Å²) in [4.78, 5) is 24.1. The number of furan rings is 1. The van der Waals surface area contributed by atoms with Crippen molar-refractivity contribution < 1.29 is 14.0 Å². The van der Waals surface area contributed by atoms with Crippen molar-refractivity contribution in [3.8, 4) is 0 Å². The zero-order valence-electron chi connectivity index (χ0n) is 14.3. The van der Waals surface area contributed by atoms with Crippen LogP contribution >= 0.6 is 22.6 Å². The average molecular weight is 464 g/mol. The van der Waals surface area contributed by atoms with Crippen molar-refractivity contribution in [2.45, 2.75) is 32.2 Å². The van der Waals surface area contributed by atoms with Crippen molar-refractivity contribution in [2.75, 3.05) is 5.32 Å². The van der Waals surface area contributed by atoms with E-state index in [-0.39, 0.29) is 17.7 Å². The Morgan fingerprint density at radius 3 is 2.73 bits per heavy atom. The van der Waals surface area contributed by atoms with Gasteiger partial charge >= 0.3 is 0 Å². The number of carbonyl (C=O) groups is 2. The third-order valence-electron chi connectivity index (χ3n) is 4.38. The molecule has 1 aromatic heterocycles. The molecule has 0 bridgehead atoms. The Kier molecular flexibility index (Phi) is 6.49. The van der Waals surface area contributed by atoms with Crippen molar-refractivity contribution >= 4 is 46.2 Å². The summed E-state index contributed by atoms with van der Waals surface area (Å²) in [5.41, 5.74) is 1.71. The topological polar surface area (TPSA) is 71.3 Å². The van der Waals surface area contributed by atoms with E-state index in [1.165, 1.54) is 6.08 Å². The van der Waals surface area contributed by atoms with Crippen LogP contribution in [0.15, 0.2) is 46.9 Å². The molecule has 0 radical (unpaired) electrons. The first-order valence-corrected chi connectivity index (χ1v) is 9.79. The van der Waals surface area contributed by atoms with Crippen LogP contribution < -0.4 is 10.6 Å². The molecule has 2 N–H and O–H groups in total. The van der Waals surface area contributed by atoms with Gasteiger partial charge in [-0.05, 0) is 71.3 Å². The number of hydrogen-bond donors (Lipinski definition) is 2. The lowest BCUT2D eigenvalue weighted by Gasteiger charge is -2.11. The van der Waals surface area contributed by atoms with Crippen molar-refractivity contribution in [1.29, 1.82) is 0 Å². The van der Waals surface area contributed by atoms with Crippen molar-refractivity contribution in [3.63, 3.8) is 0 Å². The average Bonchev–Trinajstić information content (AvgIpc) is 3.30. The molecule has 1 aliphatic carbocycles. The summed E-state index contributed by atoms with van der Waals surface area (Å²) < 4.78 is 6.15. The standard InChI is InChI=1S/C20H21IN2O3/c21-18-10-8-17(26-18)9-11-19(24)22-13-14-4-3-7-16(12-14)23-20(25)15-5-1-2-6-15/h3-4,7-12,15H,1-2,5-6,13H2,(H,22,24)(H,23,25). The lowest BCUT2D eigenvalue weighted by Crippen LogP contribution is -2.21. The van der Waals surface area contributed by atoms with Crippen molar-refractivity contribution in [2.24, 2.45) is 5.92 Å². The molecule has 0 unspecified atom stereocenters. The highest BCUT2D eigenvalue weighted by atomic mass is 127. The molecule has 1 fully saturated rings. The Labute approximate surface area is 166 Å². The third kappa shape index (κ3) is 5.45. The lowest BCUT2D eigenvalue weighted by atomic mass is 10.1. The van der Waals surface area contributed by atoms with Crippen LogP contribution in [0.5, 0.6) is 0 Å². The molecule has 1 aromatic carbocycles. The van der Waals surface area contributed by atoms with Crippen LogP contribution in [0, 0.1) is 9.68 Å². The number of hydrogen-bond acceptors (Lipinski definition) is 3. The van der Waals surface area contributed by atoms with Crippen LogP contribution in [0.25, 0.3) is 6.08 Å². The summed E-state index contributed by atoms with van der Waals surface area (Å²) >= 11 is 2.07. The first kappa shape index (κ1) is 18.7. The van der Waals surface area contributed by atoms with Gasteiger partial charge in [0.2, 0.25) is 11.8 Å². The summed E-state index contributed by atoms with van der Waals surface area (Å²) in [5.74, 6) is 0.672. The number of nitrogens with one attached hydrogen (secondary N) is 2. The minimum atomic E-state index is -0.197. The maximum Gasteiger partial charge on any atom is 0.244 e. The van der Waals surface area contributed by atoms with Crippen LogP contribution in [0.4, 0.5) is 5.69 Å². The molecule has 0 aliphatic heterocycles. The van der Waals surface area contributed by atoms with Crippen LogP contribution in [0.3, 0.4) is 0 Å². The maximum atomic E-state index is 12.2. The zero-order chi connectivity index (χ0) is 18.4. The fourth-order valence-corrected chi connectivity index (χ4v) is 3.45. The molecule has 5 nitrogen and oxygen atoms in total. The molecule has 2 amide bonds. The summed E-state index contributed by atoms with van der Waals surface area (Å²) in [6.07, 6.45) is 7.30. The second-order valence-corrected chi connectivity index (χ2v) is 7.43. The number of amides is 2. The Hall–Kier alpha value is -2.09. The number of halogens is 1. The van der Waals surface area contributed by atoms with Crippen LogP contribution in [0.1, 0.15) is 37.0 Å². The second kappa shape index (κ2) is 9.02. The van der Waals surface area contributed by atoms with Gasteiger partial charge in [-0.1, -0.05) is 25.0 Å². The Morgan fingerprint density at radius 2 is 2.00 bits per heavy atom. The van der Waals surface area contributed by atoms with Gasteiger partial charge in [0.25, 0.3) is 0 Å². The quantitative estimate of drug-likeness (QED) is 0.494. The minimum Gasteiger partial charge on any atom is -0.451 e. The van der Waals surface area contributed by atoms with Crippen molar-refractivity contribution in [1.82, 2.24) is 5.32 Å². The summed E-state index contributed by atoms with van der Waals surface area (Å²) in [6, 6.07) is 11.2. The zero-order valence-corrected chi connectivity index (χ0v) is 16.5. The molecule has 136 valence electrons. The number of anilines is 1. The number of benzene rings is 1. The predicted octanol–water partition coefficient (Wildman–Crippen LogP) is 4.34. The fraction of sp³-hybridized carbons (Fsp3) is 0.300. The largest absolute Gasteiger partial charge is 0.451 e. The van der Waals surface area contributed by atoms with Gasteiger partial charge < -0.3 is 15.1 Å². The highest BCUT2D eigenvalue weighted by Gasteiger charge is 2.22. The summed E-state index contributed by atoms with van der Waals surface area (Å²) in [6.45, 7) is 0.395. The van der Waals surface area contributed by atoms with Gasteiger partial charge in [0, 0.05) is 24.2 Å². The number of carbonyl (C=O) groups excluding carboxylic acids is 2.